The molecule has 0 unspecified atom stereocenters. The molecule has 1 aromatic rings. The maximum Gasteiger partial charge on any atom is 0.341 e. The minimum absolute atomic E-state index is 0.0706. The highest BCUT2D eigenvalue weighted by Gasteiger charge is 2.18. The van der Waals surface area contributed by atoms with E-state index in [1.807, 2.05) is 0 Å². The normalized spacial score (nSPS) is 10.0. The molecule has 0 bridgehead atoms. The highest BCUT2D eigenvalue weighted by atomic mass is 35.5. The van der Waals surface area contributed by atoms with Crippen molar-refractivity contribution in [3.05, 3.63) is 27.8 Å². The van der Waals surface area contributed by atoms with Gasteiger partial charge in [0.25, 0.3) is 0 Å². The average molecular weight is 215 g/mol. The molecule has 0 amide bonds. The Morgan fingerprint density at radius 3 is 2.57 bits per heavy atom. The lowest BCUT2D eigenvalue weighted by atomic mass is 10.0. The predicted octanol–water partition coefficient (Wildman–Crippen LogP) is 2.45. The van der Waals surface area contributed by atoms with E-state index in [1.165, 1.54) is 7.11 Å². The summed E-state index contributed by atoms with van der Waals surface area (Å²) in [5, 5.41) is 10.1. The third-order valence-corrected chi connectivity index (χ3v) is 2.47. The number of carbonyl (C=O) groups excluding carboxylic acids is 1. The molecule has 0 atom stereocenters. The number of aryl methyl sites for hydroxylation is 1. The van der Waals surface area contributed by atoms with Crippen molar-refractivity contribution in [2.45, 2.75) is 13.8 Å². The van der Waals surface area contributed by atoms with Gasteiger partial charge in [0.15, 0.2) is 0 Å². The first-order valence-corrected chi connectivity index (χ1v) is 4.43. The molecule has 0 saturated carbocycles. The van der Waals surface area contributed by atoms with Gasteiger partial charge in [-0.05, 0) is 31.0 Å². The lowest BCUT2D eigenvalue weighted by molar-refractivity contribution is 0.0596. The summed E-state index contributed by atoms with van der Waals surface area (Å²) in [6.07, 6.45) is 0. The lowest BCUT2D eigenvalue weighted by Crippen LogP contribution is -2.05. The van der Waals surface area contributed by atoms with Gasteiger partial charge >= 0.3 is 5.97 Å². The van der Waals surface area contributed by atoms with E-state index >= 15 is 0 Å². The lowest BCUT2D eigenvalue weighted by Gasteiger charge is -2.10. The molecule has 0 spiro atoms. The van der Waals surface area contributed by atoms with Crippen LogP contribution in [0.4, 0.5) is 0 Å². The van der Waals surface area contributed by atoms with Crippen LogP contribution in [0.1, 0.15) is 21.5 Å². The van der Waals surface area contributed by atoms with Gasteiger partial charge in [-0.25, -0.2) is 4.79 Å². The number of phenolic OH excluding ortho intramolecular Hbond substituents is 1. The molecule has 0 aliphatic rings. The van der Waals surface area contributed by atoms with Gasteiger partial charge in [0, 0.05) is 5.02 Å². The molecule has 76 valence electrons. The maximum absolute atomic E-state index is 11.3. The zero-order valence-corrected chi connectivity index (χ0v) is 8.97. The van der Waals surface area contributed by atoms with Crippen molar-refractivity contribution in [2.24, 2.45) is 0 Å². The SMILES string of the molecule is COC(=O)c1c(C)c(Cl)cc(C)c1O. The molecule has 0 aliphatic heterocycles. The molecule has 1 rings (SSSR count). The molecule has 3 nitrogen and oxygen atoms in total. The van der Waals surface area contributed by atoms with Crippen LogP contribution in [0, 0.1) is 13.8 Å². The summed E-state index contributed by atoms with van der Waals surface area (Å²) in [5.74, 6) is -0.649. The molecular weight excluding hydrogens is 204 g/mol. The average Bonchev–Trinajstić information content (AvgIpc) is 2.15. The van der Waals surface area contributed by atoms with Crippen LogP contribution in [-0.2, 0) is 4.74 Å². The Morgan fingerprint density at radius 1 is 1.50 bits per heavy atom. The van der Waals surface area contributed by atoms with Crippen molar-refractivity contribution < 1.29 is 14.6 Å². The van der Waals surface area contributed by atoms with Gasteiger partial charge in [-0.15, -0.1) is 0 Å². The van der Waals surface area contributed by atoms with Gasteiger partial charge in [0.1, 0.15) is 11.3 Å². The van der Waals surface area contributed by atoms with E-state index in [1.54, 1.807) is 19.9 Å². The number of aromatic hydroxyl groups is 1. The number of benzene rings is 1. The topological polar surface area (TPSA) is 46.5 Å². The van der Waals surface area contributed by atoms with E-state index in [2.05, 4.69) is 4.74 Å². The van der Waals surface area contributed by atoms with E-state index in [0.717, 1.165) is 0 Å². The van der Waals surface area contributed by atoms with Crippen LogP contribution < -0.4 is 0 Å². The highest BCUT2D eigenvalue weighted by molar-refractivity contribution is 6.32. The first kappa shape index (κ1) is 10.9. The number of halogens is 1. The third kappa shape index (κ3) is 1.68. The molecule has 0 aliphatic carbocycles. The number of methoxy groups -OCH3 is 1. The van der Waals surface area contributed by atoms with Crippen molar-refractivity contribution in [1.29, 1.82) is 0 Å². The summed E-state index contributed by atoms with van der Waals surface area (Å²) >= 11 is 5.87. The van der Waals surface area contributed by atoms with Gasteiger partial charge in [0.05, 0.1) is 7.11 Å². The fourth-order valence-electron chi connectivity index (χ4n) is 1.21. The smallest absolute Gasteiger partial charge is 0.341 e. The molecule has 0 saturated heterocycles. The summed E-state index contributed by atoms with van der Waals surface area (Å²) in [7, 11) is 1.26. The summed E-state index contributed by atoms with van der Waals surface area (Å²) in [5.41, 5.74) is 1.22. The minimum atomic E-state index is -0.578. The Bertz CT molecular complexity index is 359. The quantitative estimate of drug-likeness (QED) is 0.731. The van der Waals surface area contributed by atoms with Crippen molar-refractivity contribution in [1.82, 2.24) is 0 Å². The van der Waals surface area contributed by atoms with Crippen LogP contribution in [0.25, 0.3) is 0 Å². The molecule has 14 heavy (non-hydrogen) atoms. The molecule has 1 N–H and O–H groups in total. The highest BCUT2D eigenvalue weighted by Crippen LogP contribution is 2.31. The second-order valence-electron chi connectivity index (χ2n) is 3.02. The van der Waals surface area contributed by atoms with Gasteiger partial charge in [-0.3, -0.25) is 0 Å². The van der Waals surface area contributed by atoms with Gasteiger partial charge in [0.2, 0.25) is 0 Å². The summed E-state index contributed by atoms with van der Waals surface area (Å²) in [6, 6.07) is 1.61. The maximum atomic E-state index is 11.3. The van der Waals surface area contributed by atoms with Crippen LogP contribution in [0.15, 0.2) is 6.07 Å². The Morgan fingerprint density at radius 2 is 2.07 bits per heavy atom. The second-order valence-corrected chi connectivity index (χ2v) is 3.42. The fraction of sp³-hybridized carbons (Fsp3) is 0.300. The van der Waals surface area contributed by atoms with Crippen molar-refractivity contribution >= 4 is 17.6 Å². The zero-order chi connectivity index (χ0) is 10.9. The first-order valence-electron chi connectivity index (χ1n) is 4.06. The van der Waals surface area contributed by atoms with Gasteiger partial charge in [-0.2, -0.15) is 0 Å². The molecule has 0 fully saturated rings. The van der Waals surface area contributed by atoms with Gasteiger partial charge < -0.3 is 9.84 Å². The van der Waals surface area contributed by atoms with Crippen LogP contribution in [-0.4, -0.2) is 18.2 Å². The van der Waals surface area contributed by atoms with E-state index in [0.29, 0.717) is 16.1 Å². The first-order chi connectivity index (χ1) is 6.49. The van der Waals surface area contributed by atoms with Crippen LogP contribution >= 0.6 is 11.6 Å². The van der Waals surface area contributed by atoms with Crippen molar-refractivity contribution in [3.63, 3.8) is 0 Å². The monoisotopic (exact) mass is 214 g/mol. The molecule has 0 aromatic heterocycles. The molecule has 4 heteroatoms. The predicted molar refractivity (Wildman–Crippen MR) is 53.9 cm³/mol. The van der Waals surface area contributed by atoms with E-state index in [4.69, 9.17) is 11.6 Å². The Hall–Kier alpha value is -1.22. The van der Waals surface area contributed by atoms with Crippen LogP contribution in [0.2, 0.25) is 5.02 Å². The van der Waals surface area contributed by atoms with Crippen molar-refractivity contribution in [2.75, 3.05) is 7.11 Å². The molecule has 0 radical (unpaired) electrons. The van der Waals surface area contributed by atoms with E-state index in [-0.39, 0.29) is 11.3 Å². The number of hydrogen-bond acceptors (Lipinski definition) is 3. The summed E-state index contributed by atoms with van der Waals surface area (Å²) < 4.78 is 4.55. The Kier molecular flexibility index (Phi) is 3.01. The van der Waals surface area contributed by atoms with Crippen molar-refractivity contribution in [3.8, 4) is 5.75 Å². The summed E-state index contributed by atoms with van der Waals surface area (Å²) in [4.78, 5) is 11.3. The zero-order valence-electron chi connectivity index (χ0n) is 8.22. The van der Waals surface area contributed by atoms with Crippen LogP contribution in [0.5, 0.6) is 5.75 Å². The second kappa shape index (κ2) is 3.88. The number of esters is 1. The number of rotatable bonds is 1. The number of hydrogen-bond donors (Lipinski definition) is 1. The fourth-order valence-corrected chi connectivity index (χ4v) is 1.47. The number of phenols is 1. The Balaban J connectivity index is 3.47. The van der Waals surface area contributed by atoms with Gasteiger partial charge in [-0.1, -0.05) is 11.6 Å². The number of carbonyl (C=O) groups is 1. The van der Waals surface area contributed by atoms with Crippen LogP contribution in [0.3, 0.4) is 0 Å². The number of ether oxygens (including phenoxy) is 1. The minimum Gasteiger partial charge on any atom is -0.507 e. The standard InChI is InChI=1S/C10H11ClO3/c1-5-4-7(11)6(2)8(9(5)12)10(13)14-3/h4,12H,1-3H3. The van der Waals surface area contributed by atoms with E-state index in [9.17, 15) is 9.90 Å². The molecule has 1 aromatic carbocycles. The molecular formula is C10H11ClO3. The third-order valence-electron chi connectivity index (χ3n) is 2.08. The summed E-state index contributed by atoms with van der Waals surface area (Å²) in [6.45, 7) is 3.33. The Labute approximate surface area is 87.3 Å². The van der Waals surface area contributed by atoms with E-state index < -0.39 is 5.97 Å². The largest absolute Gasteiger partial charge is 0.507 e. The molecule has 0 heterocycles.